The van der Waals surface area contributed by atoms with Crippen molar-refractivity contribution in [1.29, 1.82) is 5.41 Å². The third-order valence-corrected chi connectivity index (χ3v) is 8.33. The molecule has 0 spiro atoms. The largest absolute Gasteiger partial charge is 0.403 e. The Hall–Kier alpha value is -3.78. The van der Waals surface area contributed by atoms with Crippen molar-refractivity contribution in [1.82, 2.24) is 25.2 Å². The molecule has 0 saturated carbocycles. The third kappa shape index (κ3) is 8.13. The molecule has 1 saturated heterocycles. The van der Waals surface area contributed by atoms with Crippen LogP contribution >= 0.6 is 11.6 Å². The molecular formula is C32H36ClF4N7O2. The Kier molecular flexibility index (Phi) is 10.5. The zero-order valence-corrected chi connectivity index (χ0v) is 25.9. The normalized spacial score (nSPS) is 18.0. The molecule has 5 rings (SSSR count). The molecule has 1 fully saturated rings. The molecule has 1 aliphatic rings. The van der Waals surface area contributed by atoms with Crippen molar-refractivity contribution in [3.8, 4) is 16.9 Å². The lowest BCUT2D eigenvalue weighted by atomic mass is 10.0. The molecule has 246 valence electrons. The number of nitrogens with one attached hydrogen (secondary N) is 4. The zero-order chi connectivity index (χ0) is 33.0. The number of halogens is 5. The SMILES string of the molecule is CC(=N)NCC[C@@H]1COCC[C@@H](c2ccc(-n3cc4cc(-c5cc(CCC[C@@H](N)C(F)(F)F)cc(Cl)c5F)[nH]c4nc3=O)cc2)N1. The fourth-order valence-corrected chi connectivity index (χ4v) is 5.82. The Morgan fingerprint density at radius 2 is 2.02 bits per heavy atom. The van der Waals surface area contributed by atoms with E-state index in [0.717, 1.165) is 18.4 Å². The minimum Gasteiger partial charge on any atom is -0.380 e. The molecule has 2 aromatic heterocycles. The van der Waals surface area contributed by atoms with Crippen LogP contribution in [0.2, 0.25) is 5.02 Å². The molecular weight excluding hydrogens is 626 g/mol. The van der Waals surface area contributed by atoms with Gasteiger partial charge in [0.15, 0.2) is 5.82 Å². The number of amidine groups is 1. The Labute approximate surface area is 268 Å². The van der Waals surface area contributed by atoms with Gasteiger partial charge in [-0.05, 0) is 80.5 Å². The van der Waals surface area contributed by atoms with Crippen LogP contribution in [-0.4, -0.2) is 58.4 Å². The first-order chi connectivity index (χ1) is 21.9. The fraction of sp³-hybridized carbons (Fsp3) is 0.406. The number of nitrogens with two attached hydrogens (primary N) is 1. The van der Waals surface area contributed by atoms with Crippen LogP contribution in [0.5, 0.6) is 0 Å². The molecule has 3 atom stereocenters. The first-order valence-corrected chi connectivity index (χ1v) is 15.4. The van der Waals surface area contributed by atoms with Crippen LogP contribution in [0.25, 0.3) is 28.0 Å². The van der Waals surface area contributed by atoms with Crippen molar-refractivity contribution in [2.45, 2.75) is 63.3 Å². The van der Waals surface area contributed by atoms with E-state index < -0.39 is 23.7 Å². The summed E-state index contributed by atoms with van der Waals surface area (Å²) < 4.78 is 60.6. The molecule has 0 aliphatic carbocycles. The number of benzene rings is 2. The van der Waals surface area contributed by atoms with Gasteiger partial charge in [-0.3, -0.25) is 9.98 Å². The second kappa shape index (κ2) is 14.3. The summed E-state index contributed by atoms with van der Waals surface area (Å²) in [4.78, 5) is 20.2. The molecule has 9 nitrogen and oxygen atoms in total. The number of aromatic amines is 1. The number of fused-ring (bicyclic) bond motifs is 1. The number of alkyl halides is 3. The number of rotatable bonds is 10. The maximum absolute atomic E-state index is 15.1. The van der Waals surface area contributed by atoms with E-state index in [4.69, 9.17) is 27.5 Å². The van der Waals surface area contributed by atoms with E-state index in [1.807, 2.05) is 24.3 Å². The lowest BCUT2D eigenvalue weighted by Crippen LogP contribution is -2.37. The van der Waals surface area contributed by atoms with Gasteiger partial charge in [-0.15, -0.1) is 0 Å². The maximum atomic E-state index is 15.1. The number of H-pyrrole nitrogens is 1. The Bertz CT molecular complexity index is 1740. The minimum absolute atomic E-state index is 0.0612. The monoisotopic (exact) mass is 661 g/mol. The van der Waals surface area contributed by atoms with E-state index in [-0.39, 0.29) is 47.6 Å². The topological polar surface area (TPSA) is 134 Å². The van der Waals surface area contributed by atoms with Crippen molar-refractivity contribution >= 4 is 28.5 Å². The van der Waals surface area contributed by atoms with Crippen LogP contribution in [0.1, 0.15) is 49.8 Å². The minimum atomic E-state index is -4.48. The van der Waals surface area contributed by atoms with Gasteiger partial charge in [-0.1, -0.05) is 23.7 Å². The van der Waals surface area contributed by atoms with Gasteiger partial charge in [0.2, 0.25) is 0 Å². The van der Waals surface area contributed by atoms with E-state index >= 15 is 4.39 Å². The summed E-state index contributed by atoms with van der Waals surface area (Å²) in [6.45, 7) is 3.58. The summed E-state index contributed by atoms with van der Waals surface area (Å²) in [6.07, 6.45) is -1.17. The van der Waals surface area contributed by atoms with Gasteiger partial charge in [-0.25, -0.2) is 9.18 Å². The van der Waals surface area contributed by atoms with E-state index in [1.165, 1.54) is 16.7 Å². The van der Waals surface area contributed by atoms with Gasteiger partial charge < -0.3 is 26.1 Å². The Balaban J connectivity index is 1.33. The molecule has 14 heteroatoms. The smallest absolute Gasteiger partial charge is 0.380 e. The van der Waals surface area contributed by atoms with E-state index in [1.54, 1.807) is 19.2 Å². The summed E-state index contributed by atoms with van der Waals surface area (Å²) in [5.74, 6) is -0.274. The number of hydrogen-bond donors (Lipinski definition) is 5. The summed E-state index contributed by atoms with van der Waals surface area (Å²) >= 11 is 6.15. The molecule has 3 heterocycles. The predicted octanol–water partition coefficient (Wildman–Crippen LogP) is 5.78. The molecule has 2 aromatic carbocycles. The molecule has 46 heavy (non-hydrogen) atoms. The average Bonchev–Trinajstić information content (AvgIpc) is 3.26. The summed E-state index contributed by atoms with van der Waals surface area (Å²) in [6, 6.07) is 10.4. The van der Waals surface area contributed by atoms with Crippen LogP contribution in [0.15, 0.2) is 53.5 Å². The van der Waals surface area contributed by atoms with E-state index in [2.05, 4.69) is 20.6 Å². The quantitative estimate of drug-likeness (QED) is 0.0831. The second-order valence-electron chi connectivity index (χ2n) is 11.6. The zero-order valence-electron chi connectivity index (χ0n) is 25.2. The van der Waals surface area contributed by atoms with Crippen LogP contribution in [-0.2, 0) is 11.2 Å². The van der Waals surface area contributed by atoms with Crippen LogP contribution in [0.4, 0.5) is 17.6 Å². The fourth-order valence-electron chi connectivity index (χ4n) is 5.57. The molecule has 1 aliphatic heterocycles. The van der Waals surface area contributed by atoms with E-state index in [0.29, 0.717) is 47.9 Å². The van der Waals surface area contributed by atoms with Gasteiger partial charge in [0.25, 0.3) is 0 Å². The number of aromatic nitrogens is 3. The van der Waals surface area contributed by atoms with Crippen LogP contribution < -0.4 is 22.1 Å². The van der Waals surface area contributed by atoms with Crippen LogP contribution in [0, 0.1) is 11.2 Å². The standard InChI is InChI=1S/C32H36ClF4N7O2/c1-18(38)40-11-9-22-17-46-12-10-26(41-22)20-5-7-23(8-6-20)44-16-21-15-27(42-30(21)43-31(44)45)24-13-19(14-25(33)29(24)34)3-2-4-28(39)32(35,36)37/h5-8,13-16,22,26,28,41H,2-4,9-12,17,39H2,1H3,(H2,38,40)(H,42,43,45)/t22-,26+,28-/m1/s1. The summed E-state index contributed by atoms with van der Waals surface area (Å²) in [7, 11) is 0. The van der Waals surface area contributed by atoms with Gasteiger partial charge >= 0.3 is 11.9 Å². The van der Waals surface area contributed by atoms with Gasteiger partial charge in [-0.2, -0.15) is 18.2 Å². The summed E-state index contributed by atoms with van der Waals surface area (Å²) in [5, 5.41) is 14.6. The third-order valence-electron chi connectivity index (χ3n) is 8.05. The molecule has 0 bridgehead atoms. The molecule has 4 aromatic rings. The number of aryl methyl sites for hydroxylation is 1. The molecule has 0 radical (unpaired) electrons. The first-order valence-electron chi connectivity index (χ1n) is 15.0. The Morgan fingerprint density at radius 3 is 2.74 bits per heavy atom. The van der Waals surface area contributed by atoms with Crippen LogP contribution in [0.3, 0.4) is 0 Å². The molecule has 0 amide bonds. The van der Waals surface area contributed by atoms with Crippen molar-refractivity contribution in [2.24, 2.45) is 5.73 Å². The second-order valence-corrected chi connectivity index (χ2v) is 12.0. The molecule has 6 N–H and O–H groups in total. The average molecular weight is 662 g/mol. The first kappa shape index (κ1) is 33.6. The van der Waals surface area contributed by atoms with Crippen molar-refractivity contribution in [2.75, 3.05) is 19.8 Å². The molecule has 0 unspecified atom stereocenters. The van der Waals surface area contributed by atoms with Crippen molar-refractivity contribution in [3.05, 3.63) is 81.1 Å². The van der Waals surface area contributed by atoms with E-state index in [9.17, 15) is 18.0 Å². The van der Waals surface area contributed by atoms with Gasteiger partial charge in [0.05, 0.1) is 28.8 Å². The number of ether oxygens (including phenoxy) is 1. The highest BCUT2D eigenvalue weighted by molar-refractivity contribution is 6.31. The summed E-state index contributed by atoms with van der Waals surface area (Å²) in [5.41, 5.74) is 7.58. The van der Waals surface area contributed by atoms with Gasteiger partial charge in [0.1, 0.15) is 11.7 Å². The lowest BCUT2D eigenvalue weighted by molar-refractivity contribution is -0.149. The number of hydrogen-bond acceptors (Lipinski definition) is 6. The Morgan fingerprint density at radius 1 is 1.26 bits per heavy atom. The van der Waals surface area contributed by atoms with Crippen molar-refractivity contribution in [3.63, 3.8) is 0 Å². The highest BCUT2D eigenvalue weighted by Gasteiger charge is 2.35. The number of nitrogens with zero attached hydrogens (tertiary/aromatic N) is 2. The van der Waals surface area contributed by atoms with Gasteiger partial charge in [0, 0.05) is 42.4 Å². The highest BCUT2D eigenvalue weighted by Crippen LogP contribution is 2.32. The highest BCUT2D eigenvalue weighted by atomic mass is 35.5. The lowest BCUT2D eigenvalue weighted by Gasteiger charge is -2.22. The van der Waals surface area contributed by atoms with Crippen molar-refractivity contribution < 1.29 is 22.3 Å². The predicted molar refractivity (Wildman–Crippen MR) is 170 cm³/mol. The maximum Gasteiger partial charge on any atom is 0.403 e.